The van der Waals surface area contributed by atoms with Gasteiger partial charge in [0.15, 0.2) is 0 Å². The molecule has 0 unspecified atom stereocenters. The maximum absolute atomic E-state index is 12.7. The minimum Gasteiger partial charge on any atom is -0.480 e. The van der Waals surface area contributed by atoms with E-state index in [1.807, 2.05) is 54.6 Å². The largest absolute Gasteiger partial charge is 0.480 e. The number of carboxylic acids is 1. The van der Waals surface area contributed by atoms with Gasteiger partial charge in [-0.1, -0.05) is 78.9 Å². The van der Waals surface area contributed by atoms with Crippen molar-refractivity contribution in [1.29, 1.82) is 0 Å². The van der Waals surface area contributed by atoms with Crippen molar-refractivity contribution in [3.63, 3.8) is 0 Å². The molecule has 0 spiro atoms. The Bertz CT molecular complexity index is 1020. The topological polar surface area (TPSA) is 66.8 Å². The molecule has 31 heavy (non-hydrogen) atoms. The van der Waals surface area contributed by atoms with Gasteiger partial charge in [0.05, 0.1) is 0 Å². The number of aryl methyl sites for hydroxylation is 1. The van der Waals surface area contributed by atoms with Crippen LogP contribution >= 0.6 is 0 Å². The fourth-order valence-electron chi connectivity index (χ4n) is 4.20. The first-order chi connectivity index (χ1) is 15.1. The average Bonchev–Trinajstić information content (AvgIpc) is 3.11. The molecule has 1 N–H and O–H groups in total. The molecule has 3 aromatic rings. The zero-order chi connectivity index (χ0) is 21.6. The van der Waals surface area contributed by atoms with E-state index >= 15 is 0 Å². The van der Waals surface area contributed by atoms with Gasteiger partial charge in [-0.3, -0.25) is 9.69 Å². The zero-order valence-corrected chi connectivity index (χ0v) is 17.2. The van der Waals surface area contributed by atoms with E-state index in [1.54, 1.807) is 0 Å². The fraction of sp³-hybridized carbons (Fsp3) is 0.231. The molecule has 0 radical (unpaired) electrons. The van der Waals surface area contributed by atoms with Crippen LogP contribution in [0.3, 0.4) is 0 Å². The summed E-state index contributed by atoms with van der Waals surface area (Å²) in [5, 5.41) is 9.24. The van der Waals surface area contributed by atoms with Crippen molar-refractivity contribution < 1.29 is 19.4 Å². The molecule has 0 heterocycles. The second kappa shape index (κ2) is 9.47. The van der Waals surface area contributed by atoms with E-state index in [1.165, 1.54) is 4.90 Å². The number of fused-ring (bicyclic) bond motifs is 3. The van der Waals surface area contributed by atoms with Gasteiger partial charge in [0.1, 0.15) is 13.2 Å². The first-order valence-electron chi connectivity index (χ1n) is 10.5. The van der Waals surface area contributed by atoms with Crippen molar-refractivity contribution in [3.8, 4) is 11.1 Å². The van der Waals surface area contributed by atoms with Gasteiger partial charge in [-0.15, -0.1) is 0 Å². The molecule has 1 aliphatic rings. The Hall–Kier alpha value is -3.60. The number of carbonyl (C=O) groups excluding carboxylic acids is 1. The van der Waals surface area contributed by atoms with E-state index in [9.17, 15) is 14.7 Å². The summed E-state index contributed by atoms with van der Waals surface area (Å²) < 4.78 is 5.63. The highest BCUT2D eigenvalue weighted by Crippen LogP contribution is 2.44. The lowest BCUT2D eigenvalue weighted by molar-refractivity contribution is -0.138. The Morgan fingerprint density at radius 1 is 0.839 bits per heavy atom. The zero-order valence-electron chi connectivity index (χ0n) is 17.2. The molecule has 0 saturated heterocycles. The number of amides is 1. The van der Waals surface area contributed by atoms with Crippen molar-refractivity contribution >= 4 is 12.1 Å². The molecule has 0 aromatic heterocycles. The molecular weight excluding hydrogens is 390 g/mol. The van der Waals surface area contributed by atoms with Crippen molar-refractivity contribution in [2.24, 2.45) is 0 Å². The third-order valence-corrected chi connectivity index (χ3v) is 5.66. The number of aliphatic carboxylic acids is 1. The standard InChI is InChI=1S/C26H25NO4/c28-25(29)17-27(16-8-11-19-9-2-1-3-10-19)26(30)31-18-24-22-14-6-4-12-20(22)21-13-5-7-15-23(21)24/h1-7,9-10,12-15,24H,8,11,16-18H2,(H,28,29). The van der Waals surface area contributed by atoms with Crippen LogP contribution in [0.25, 0.3) is 11.1 Å². The lowest BCUT2D eigenvalue weighted by Gasteiger charge is -2.22. The Morgan fingerprint density at radius 2 is 1.42 bits per heavy atom. The highest BCUT2D eigenvalue weighted by molar-refractivity contribution is 5.79. The summed E-state index contributed by atoms with van der Waals surface area (Å²) in [7, 11) is 0. The molecule has 0 fully saturated rings. The number of carbonyl (C=O) groups is 2. The van der Waals surface area contributed by atoms with E-state index in [4.69, 9.17) is 4.74 Å². The maximum atomic E-state index is 12.7. The Morgan fingerprint density at radius 3 is 2.03 bits per heavy atom. The molecule has 5 heteroatoms. The predicted octanol–water partition coefficient (Wildman–Crippen LogP) is 4.95. The molecule has 0 bridgehead atoms. The average molecular weight is 415 g/mol. The lowest BCUT2D eigenvalue weighted by Crippen LogP contribution is -2.37. The van der Waals surface area contributed by atoms with Crippen LogP contribution in [0, 0.1) is 0 Å². The minimum absolute atomic E-state index is 0.0488. The summed E-state index contributed by atoms with van der Waals surface area (Å²) in [5.74, 6) is -1.10. The number of ether oxygens (including phenoxy) is 1. The van der Waals surface area contributed by atoms with Gasteiger partial charge in [0.25, 0.3) is 0 Å². The van der Waals surface area contributed by atoms with Gasteiger partial charge in [-0.25, -0.2) is 4.79 Å². The van der Waals surface area contributed by atoms with Gasteiger partial charge in [-0.05, 0) is 40.7 Å². The van der Waals surface area contributed by atoms with Gasteiger partial charge in [0.2, 0.25) is 0 Å². The fourth-order valence-corrected chi connectivity index (χ4v) is 4.20. The summed E-state index contributed by atoms with van der Waals surface area (Å²) in [4.78, 5) is 25.3. The van der Waals surface area contributed by atoms with E-state index < -0.39 is 12.1 Å². The Kier molecular flexibility index (Phi) is 6.32. The van der Waals surface area contributed by atoms with Crippen molar-refractivity contribution in [3.05, 3.63) is 95.6 Å². The molecular formula is C26H25NO4. The van der Waals surface area contributed by atoms with Crippen LogP contribution in [-0.4, -0.2) is 41.8 Å². The van der Waals surface area contributed by atoms with E-state index in [0.717, 1.165) is 34.2 Å². The van der Waals surface area contributed by atoms with E-state index in [-0.39, 0.29) is 19.1 Å². The van der Waals surface area contributed by atoms with Crippen LogP contribution in [0.5, 0.6) is 0 Å². The summed E-state index contributed by atoms with van der Waals surface area (Å²) in [6.07, 6.45) is 0.854. The molecule has 0 saturated carbocycles. The molecule has 1 aliphatic carbocycles. The molecule has 5 nitrogen and oxygen atoms in total. The van der Waals surface area contributed by atoms with E-state index in [0.29, 0.717) is 13.0 Å². The van der Waals surface area contributed by atoms with Crippen LogP contribution in [0.15, 0.2) is 78.9 Å². The summed E-state index contributed by atoms with van der Waals surface area (Å²) in [5.41, 5.74) is 5.73. The van der Waals surface area contributed by atoms with E-state index in [2.05, 4.69) is 24.3 Å². The van der Waals surface area contributed by atoms with Gasteiger partial charge < -0.3 is 9.84 Å². The summed E-state index contributed by atoms with van der Waals surface area (Å²) in [6, 6.07) is 26.2. The Balaban J connectivity index is 1.41. The molecule has 0 aliphatic heterocycles. The van der Waals surface area contributed by atoms with Crippen LogP contribution in [0.1, 0.15) is 29.0 Å². The summed E-state index contributed by atoms with van der Waals surface area (Å²) >= 11 is 0. The quantitative estimate of drug-likeness (QED) is 0.565. The number of hydrogen-bond donors (Lipinski definition) is 1. The highest BCUT2D eigenvalue weighted by Gasteiger charge is 2.29. The number of nitrogens with zero attached hydrogens (tertiary/aromatic N) is 1. The van der Waals surface area contributed by atoms with Gasteiger partial charge in [-0.2, -0.15) is 0 Å². The Labute approximate surface area is 181 Å². The maximum Gasteiger partial charge on any atom is 0.410 e. The first-order valence-corrected chi connectivity index (χ1v) is 10.5. The molecule has 3 aromatic carbocycles. The van der Waals surface area contributed by atoms with Crippen molar-refractivity contribution in [2.45, 2.75) is 18.8 Å². The monoisotopic (exact) mass is 415 g/mol. The first kappa shape index (κ1) is 20.7. The highest BCUT2D eigenvalue weighted by atomic mass is 16.6. The van der Waals surface area contributed by atoms with Crippen LogP contribution < -0.4 is 0 Å². The smallest absolute Gasteiger partial charge is 0.410 e. The van der Waals surface area contributed by atoms with Crippen LogP contribution in [-0.2, 0) is 16.0 Å². The SMILES string of the molecule is O=C(O)CN(CCCc1ccccc1)C(=O)OCC1c2ccccc2-c2ccccc21. The van der Waals surface area contributed by atoms with Crippen molar-refractivity contribution in [1.82, 2.24) is 4.90 Å². The third kappa shape index (κ3) is 4.77. The predicted molar refractivity (Wildman–Crippen MR) is 119 cm³/mol. The van der Waals surface area contributed by atoms with Gasteiger partial charge >= 0.3 is 12.1 Å². The lowest BCUT2D eigenvalue weighted by atomic mass is 9.98. The molecule has 0 atom stereocenters. The normalized spacial score (nSPS) is 12.1. The molecule has 158 valence electrons. The second-order valence-corrected chi connectivity index (χ2v) is 7.71. The molecule has 1 amide bonds. The second-order valence-electron chi connectivity index (χ2n) is 7.71. The minimum atomic E-state index is -1.05. The molecule has 4 rings (SSSR count). The van der Waals surface area contributed by atoms with Gasteiger partial charge in [0, 0.05) is 12.5 Å². The number of carboxylic acid groups (broad SMARTS) is 1. The summed E-state index contributed by atoms with van der Waals surface area (Å²) in [6.45, 7) is 0.144. The number of benzene rings is 3. The third-order valence-electron chi connectivity index (χ3n) is 5.66. The van der Waals surface area contributed by atoms with Crippen molar-refractivity contribution in [2.75, 3.05) is 19.7 Å². The number of hydrogen-bond acceptors (Lipinski definition) is 3. The van der Waals surface area contributed by atoms with Crippen LogP contribution in [0.2, 0.25) is 0 Å². The number of rotatable bonds is 8. The van der Waals surface area contributed by atoms with Crippen LogP contribution in [0.4, 0.5) is 4.79 Å².